The first-order chi connectivity index (χ1) is 11.1. The summed E-state index contributed by atoms with van der Waals surface area (Å²) in [5.41, 5.74) is 0. The molecule has 0 bridgehead atoms. The average molecular weight is 405 g/mol. The molecule has 0 aliphatic heterocycles. The summed E-state index contributed by atoms with van der Waals surface area (Å²) in [5.74, 6) is 0. The van der Waals surface area contributed by atoms with E-state index in [4.69, 9.17) is 33.5 Å². The van der Waals surface area contributed by atoms with Crippen molar-refractivity contribution in [3.05, 3.63) is 0 Å². The minimum absolute atomic E-state index is 0. The third-order valence-electron chi connectivity index (χ3n) is 3.99. The summed E-state index contributed by atoms with van der Waals surface area (Å²) in [7, 11) is 0. The molecule has 0 aliphatic rings. The normalized spacial score (nSPS) is 11.5. The van der Waals surface area contributed by atoms with Gasteiger partial charge in [0.2, 0.25) is 0 Å². The second-order valence-electron chi connectivity index (χ2n) is 6.36. The van der Waals surface area contributed by atoms with E-state index in [0.29, 0.717) is 13.2 Å². The Hall–Kier alpha value is 2.05. The van der Waals surface area contributed by atoms with Crippen molar-refractivity contribution in [1.82, 2.24) is 0 Å². The Morgan fingerprint density at radius 3 is 1.17 bits per heavy atom. The predicted molar refractivity (Wildman–Crippen MR) is 110 cm³/mol. The Balaban J connectivity index is 0. The van der Waals surface area contributed by atoms with Crippen LogP contribution in [0.15, 0.2) is 0 Å². The van der Waals surface area contributed by atoms with Crippen molar-refractivity contribution < 1.29 is 38.6 Å². The number of hydrogen-bond donors (Lipinski definition) is 0. The van der Waals surface area contributed by atoms with Crippen LogP contribution >= 0.6 is 6.12 Å². The van der Waals surface area contributed by atoms with Crippen LogP contribution in [0.2, 0.25) is 0 Å². The number of unbranched alkanes of at least 4 members (excludes halogenated alkanes) is 12. The van der Waals surface area contributed by atoms with Gasteiger partial charge in [0.05, 0.1) is 13.2 Å². The Kier molecular flexibility index (Phi) is 25.1. The fraction of sp³-hybridized carbons (Fsp3) is 1.00. The molecular formula is C18H38NaO2PS2. The van der Waals surface area contributed by atoms with Crippen molar-refractivity contribution in [1.29, 1.82) is 0 Å². The molecule has 0 unspecified atom stereocenters. The third-order valence-corrected chi connectivity index (χ3v) is 6.26. The largest absolute Gasteiger partial charge is 1.00 e. The topological polar surface area (TPSA) is 18.5 Å². The molecule has 140 valence electrons. The number of rotatable bonds is 18. The quantitative estimate of drug-likeness (QED) is 0.147. The van der Waals surface area contributed by atoms with Crippen molar-refractivity contribution in [3.8, 4) is 0 Å². The summed E-state index contributed by atoms with van der Waals surface area (Å²) >= 11 is 10.6. The monoisotopic (exact) mass is 404 g/mol. The van der Waals surface area contributed by atoms with Gasteiger partial charge in [-0.05, 0) is 12.8 Å². The van der Waals surface area contributed by atoms with Gasteiger partial charge in [-0.15, -0.1) is 0 Å². The summed E-state index contributed by atoms with van der Waals surface area (Å²) in [6.45, 7) is 5.84. The molecule has 0 aliphatic carbocycles. The molecule has 0 radical (unpaired) electrons. The van der Waals surface area contributed by atoms with Crippen LogP contribution in [-0.2, 0) is 33.5 Å². The minimum atomic E-state index is -2.41. The molecule has 24 heavy (non-hydrogen) atoms. The van der Waals surface area contributed by atoms with Gasteiger partial charge in [0.15, 0.2) is 0 Å². The zero-order chi connectivity index (χ0) is 17.2. The van der Waals surface area contributed by atoms with E-state index in [2.05, 4.69) is 13.8 Å². The van der Waals surface area contributed by atoms with Crippen molar-refractivity contribution in [2.45, 2.75) is 104 Å². The molecule has 0 aromatic heterocycles. The van der Waals surface area contributed by atoms with E-state index in [0.717, 1.165) is 12.8 Å². The second-order valence-corrected chi connectivity index (χ2v) is 11.3. The second kappa shape index (κ2) is 21.4. The van der Waals surface area contributed by atoms with Gasteiger partial charge < -0.3 is 24.5 Å². The summed E-state index contributed by atoms with van der Waals surface area (Å²) in [4.78, 5) is 0. The molecule has 2 nitrogen and oxygen atoms in total. The molecule has 0 fully saturated rings. The molecule has 0 aromatic rings. The van der Waals surface area contributed by atoms with Crippen LogP contribution in [0, 0.1) is 0 Å². The maximum absolute atomic E-state index is 5.64. The fourth-order valence-electron chi connectivity index (χ4n) is 2.51. The van der Waals surface area contributed by atoms with Crippen LogP contribution in [-0.4, -0.2) is 13.2 Å². The molecule has 0 N–H and O–H groups in total. The van der Waals surface area contributed by atoms with Crippen LogP contribution in [0.1, 0.15) is 104 Å². The summed E-state index contributed by atoms with van der Waals surface area (Å²) in [6.07, 6.45) is 15.4. The van der Waals surface area contributed by atoms with Gasteiger partial charge in [-0.3, -0.25) is 9.05 Å². The summed E-state index contributed by atoms with van der Waals surface area (Å²) < 4.78 is 11.3. The van der Waals surface area contributed by atoms with Gasteiger partial charge in [0, 0.05) is 6.12 Å². The molecule has 0 spiro atoms. The van der Waals surface area contributed by atoms with Gasteiger partial charge in [-0.1, -0.05) is 90.9 Å². The summed E-state index contributed by atoms with van der Waals surface area (Å²) in [6, 6.07) is 0. The Morgan fingerprint density at radius 2 is 0.833 bits per heavy atom. The Labute approximate surface area is 185 Å². The molecule has 0 rings (SSSR count). The van der Waals surface area contributed by atoms with Crippen LogP contribution in [0.3, 0.4) is 0 Å². The van der Waals surface area contributed by atoms with E-state index in [-0.39, 0.29) is 29.6 Å². The standard InChI is InChI=1S/C18H39O2PS2.Na/c1-3-5-7-9-11-13-15-17-19-21(22,23)20-18-16-14-12-10-8-6-4-2;/h3-18H2,1-2H3,(H,22,23);/q;+1/p-1. The van der Waals surface area contributed by atoms with E-state index in [1.165, 1.54) is 77.0 Å². The average Bonchev–Trinajstić information content (AvgIpc) is 2.52. The molecule has 6 heteroatoms. The van der Waals surface area contributed by atoms with E-state index < -0.39 is 6.12 Å². The first-order valence-electron chi connectivity index (χ1n) is 9.72. The van der Waals surface area contributed by atoms with Crippen molar-refractivity contribution in [3.63, 3.8) is 0 Å². The van der Waals surface area contributed by atoms with Gasteiger partial charge in [-0.2, -0.15) is 0 Å². The van der Waals surface area contributed by atoms with E-state index >= 15 is 0 Å². The van der Waals surface area contributed by atoms with Crippen molar-refractivity contribution >= 4 is 30.6 Å². The first kappa shape index (κ1) is 28.3. The van der Waals surface area contributed by atoms with Gasteiger partial charge in [0.1, 0.15) is 0 Å². The van der Waals surface area contributed by atoms with Crippen LogP contribution < -0.4 is 29.6 Å². The first-order valence-corrected chi connectivity index (χ1v) is 13.4. The Morgan fingerprint density at radius 1 is 0.542 bits per heavy atom. The Bertz CT molecular complexity index is 225. The van der Waals surface area contributed by atoms with Crippen molar-refractivity contribution in [2.75, 3.05) is 13.2 Å². The molecule has 0 atom stereocenters. The zero-order valence-corrected chi connectivity index (χ0v) is 20.9. The SMILES string of the molecule is CCCCCCCCCO[P+]([S-])([S-])OCCCCCCCCC.[Na+]. The van der Waals surface area contributed by atoms with Gasteiger partial charge in [-0.25, -0.2) is 0 Å². The molecule has 0 aromatic carbocycles. The molecule has 0 heterocycles. The van der Waals surface area contributed by atoms with Crippen LogP contribution in [0.5, 0.6) is 0 Å². The number of hydrogen-bond acceptors (Lipinski definition) is 4. The third kappa shape index (κ3) is 22.1. The van der Waals surface area contributed by atoms with E-state index in [9.17, 15) is 0 Å². The maximum Gasteiger partial charge on any atom is 1.00 e. The minimum Gasteiger partial charge on any atom is -0.516 e. The molecule has 0 saturated carbocycles. The van der Waals surface area contributed by atoms with Crippen molar-refractivity contribution in [2.24, 2.45) is 0 Å². The fourth-order valence-corrected chi connectivity index (χ4v) is 4.18. The van der Waals surface area contributed by atoms with E-state index in [1.807, 2.05) is 0 Å². The maximum atomic E-state index is 5.64. The predicted octanol–water partition coefficient (Wildman–Crippen LogP) is 4.30. The van der Waals surface area contributed by atoms with Crippen LogP contribution in [0.4, 0.5) is 0 Å². The molecule has 0 amide bonds. The summed E-state index contributed by atoms with van der Waals surface area (Å²) in [5, 5.41) is 0. The molecule has 0 saturated heterocycles. The zero-order valence-electron chi connectivity index (χ0n) is 16.4. The van der Waals surface area contributed by atoms with Gasteiger partial charge >= 0.3 is 29.6 Å². The van der Waals surface area contributed by atoms with Gasteiger partial charge in [0.25, 0.3) is 0 Å². The smallest absolute Gasteiger partial charge is 0.516 e. The van der Waals surface area contributed by atoms with Crippen LogP contribution in [0.25, 0.3) is 0 Å². The molecular weight excluding hydrogens is 366 g/mol. The van der Waals surface area contributed by atoms with E-state index in [1.54, 1.807) is 0 Å².